The number of furan rings is 1. The van der Waals surface area contributed by atoms with Gasteiger partial charge in [-0.1, -0.05) is 43.7 Å². The number of benzene rings is 1. The molecule has 1 aliphatic rings. The van der Waals surface area contributed by atoms with E-state index in [-0.39, 0.29) is 22.9 Å². The van der Waals surface area contributed by atoms with Gasteiger partial charge in [0, 0.05) is 12.3 Å². The smallest absolute Gasteiger partial charge is 0.291 e. The minimum atomic E-state index is -0.454. The normalized spacial score (nSPS) is 19.5. The zero-order valence-electron chi connectivity index (χ0n) is 14.9. The van der Waals surface area contributed by atoms with E-state index in [2.05, 4.69) is 12.2 Å². The number of nitrogens with one attached hydrogen (secondary N) is 1. The third-order valence-corrected chi connectivity index (χ3v) is 5.81. The van der Waals surface area contributed by atoms with Gasteiger partial charge in [-0.05, 0) is 30.5 Å². The van der Waals surface area contributed by atoms with E-state index >= 15 is 0 Å². The van der Waals surface area contributed by atoms with Crippen LogP contribution in [0.25, 0.3) is 0 Å². The highest BCUT2D eigenvalue weighted by atomic mass is 32.2. The van der Waals surface area contributed by atoms with Crippen LogP contribution in [0.1, 0.15) is 35.9 Å². The molecule has 2 unspecified atom stereocenters. The Morgan fingerprint density at radius 1 is 1.23 bits per heavy atom. The van der Waals surface area contributed by atoms with Crippen molar-refractivity contribution in [1.82, 2.24) is 10.2 Å². The Hall–Kier alpha value is -2.21. The first-order chi connectivity index (χ1) is 12.7. The van der Waals surface area contributed by atoms with Crippen molar-refractivity contribution in [1.29, 1.82) is 0 Å². The fourth-order valence-electron chi connectivity index (χ4n) is 3.13. The van der Waals surface area contributed by atoms with Crippen molar-refractivity contribution in [3.63, 3.8) is 0 Å². The summed E-state index contributed by atoms with van der Waals surface area (Å²) >= 11 is 1.67. The molecule has 1 fully saturated rings. The van der Waals surface area contributed by atoms with Crippen molar-refractivity contribution in [2.45, 2.75) is 37.6 Å². The highest BCUT2D eigenvalue weighted by Crippen LogP contribution is 2.33. The van der Waals surface area contributed by atoms with Crippen LogP contribution < -0.4 is 5.32 Å². The van der Waals surface area contributed by atoms with Gasteiger partial charge in [-0.3, -0.25) is 9.59 Å². The van der Waals surface area contributed by atoms with E-state index in [4.69, 9.17) is 4.42 Å². The van der Waals surface area contributed by atoms with E-state index in [1.165, 1.54) is 11.8 Å². The van der Waals surface area contributed by atoms with E-state index in [0.717, 1.165) is 19.3 Å². The van der Waals surface area contributed by atoms with Crippen LogP contribution >= 0.6 is 11.8 Å². The van der Waals surface area contributed by atoms with Gasteiger partial charge in [-0.2, -0.15) is 0 Å². The number of thioether (sulfide) groups is 1. The summed E-state index contributed by atoms with van der Waals surface area (Å²) < 4.78 is 5.27. The summed E-state index contributed by atoms with van der Waals surface area (Å²) in [6, 6.07) is 12.9. The number of nitrogens with zero attached hydrogens (tertiary/aromatic N) is 1. The van der Waals surface area contributed by atoms with Gasteiger partial charge in [0.15, 0.2) is 5.76 Å². The molecule has 1 aromatic carbocycles. The van der Waals surface area contributed by atoms with E-state index in [1.54, 1.807) is 28.8 Å². The predicted octanol–water partition coefficient (Wildman–Crippen LogP) is 3.32. The first kappa shape index (κ1) is 18.6. The van der Waals surface area contributed by atoms with Gasteiger partial charge in [0.25, 0.3) is 5.91 Å². The second-order valence-corrected chi connectivity index (χ2v) is 7.52. The number of hydrogen-bond donors (Lipinski definition) is 1. The van der Waals surface area contributed by atoms with Crippen LogP contribution in [-0.4, -0.2) is 40.4 Å². The quantitative estimate of drug-likeness (QED) is 0.810. The van der Waals surface area contributed by atoms with Crippen molar-refractivity contribution in [3.05, 3.63) is 60.1 Å². The molecule has 3 rings (SSSR count). The minimum Gasteiger partial charge on any atom is -0.459 e. The molecule has 0 spiro atoms. The second kappa shape index (κ2) is 8.94. The first-order valence-corrected chi connectivity index (χ1v) is 10.0. The molecule has 0 radical (unpaired) electrons. The molecular formula is C20H24N2O3S. The van der Waals surface area contributed by atoms with Gasteiger partial charge in [-0.25, -0.2) is 0 Å². The lowest BCUT2D eigenvalue weighted by Gasteiger charge is -2.27. The Labute approximate surface area is 158 Å². The monoisotopic (exact) mass is 372 g/mol. The number of rotatable bonds is 7. The Morgan fingerprint density at radius 3 is 2.73 bits per heavy atom. The molecule has 1 aliphatic heterocycles. The summed E-state index contributed by atoms with van der Waals surface area (Å²) in [5.74, 6) is 0.609. The summed E-state index contributed by atoms with van der Waals surface area (Å²) in [6.45, 7) is 2.65. The Kier molecular flexibility index (Phi) is 6.39. The van der Waals surface area contributed by atoms with Gasteiger partial charge in [-0.15, -0.1) is 11.8 Å². The van der Waals surface area contributed by atoms with Crippen molar-refractivity contribution < 1.29 is 14.0 Å². The number of carbonyl (C=O) groups excluding carboxylic acids is 2. The van der Waals surface area contributed by atoms with Gasteiger partial charge in [0.2, 0.25) is 5.91 Å². The van der Waals surface area contributed by atoms with Crippen molar-refractivity contribution in [2.75, 3.05) is 12.3 Å². The number of hydrogen-bond acceptors (Lipinski definition) is 4. The SMILES string of the molecule is CCCC1SCC(C(=O)NCCc2ccccc2)N1C(=O)c1ccco1. The van der Waals surface area contributed by atoms with Crippen LogP contribution in [0, 0.1) is 0 Å². The van der Waals surface area contributed by atoms with Crippen LogP contribution in [0.4, 0.5) is 0 Å². The highest BCUT2D eigenvalue weighted by molar-refractivity contribution is 8.00. The Morgan fingerprint density at radius 2 is 2.04 bits per heavy atom. The van der Waals surface area contributed by atoms with Crippen LogP contribution in [-0.2, 0) is 11.2 Å². The van der Waals surface area contributed by atoms with Crippen molar-refractivity contribution in [2.24, 2.45) is 0 Å². The van der Waals surface area contributed by atoms with E-state index < -0.39 is 6.04 Å². The van der Waals surface area contributed by atoms with Gasteiger partial charge >= 0.3 is 0 Å². The molecule has 0 aliphatic carbocycles. The minimum absolute atomic E-state index is 0.0162. The third kappa shape index (κ3) is 4.30. The van der Waals surface area contributed by atoms with Gasteiger partial charge < -0.3 is 14.6 Å². The molecule has 2 aromatic rings. The molecule has 1 N–H and O–H groups in total. The fourth-order valence-corrected chi connectivity index (χ4v) is 4.65. The molecule has 1 saturated heterocycles. The van der Waals surface area contributed by atoms with Crippen LogP contribution in [0.15, 0.2) is 53.1 Å². The van der Waals surface area contributed by atoms with Gasteiger partial charge in [0.1, 0.15) is 6.04 Å². The lowest BCUT2D eigenvalue weighted by molar-refractivity contribution is -0.124. The van der Waals surface area contributed by atoms with Gasteiger partial charge in [0.05, 0.1) is 11.6 Å². The second-order valence-electron chi connectivity index (χ2n) is 6.31. The lowest BCUT2D eigenvalue weighted by Crippen LogP contribution is -2.50. The average Bonchev–Trinajstić information content (AvgIpc) is 3.32. The molecule has 2 atom stereocenters. The molecule has 5 nitrogen and oxygen atoms in total. The van der Waals surface area contributed by atoms with Crippen molar-refractivity contribution in [3.8, 4) is 0 Å². The molecule has 26 heavy (non-hydrogen) atoms. The molecule has 0 saturated carbocycles. The Bertz CT molecular complexity index is 718. The lowest BCUT2D eigenvalue weighted by atomic mass is 10.1. The van der Waals surface area contributed by atoms with Crippen LogP contribution in [0.2, 0.25) is 0 Å². The number of amides is 2. The first-order valence-electron chi connectivity index (χ1n) is 9.00. The van der Waals surface area contributed by atoms with E-state index in [9.17, 15) is 9.59 Å². The maximum Gasteiger partial charge on any atom is 0.291 e. The highest BCUT2D eigenvalue weighted by Gasteiger charge is 2.42. The van der Waals surface area contributed by atoms with Crippen molar-refractivity contribution >= 4 is 23.6 Å². The number of carbonyl (C=O) groups is 2. The topological polar surface area (TPSA) is 62.6 Å². The van der Waals surface area contributed by atoms with Crippen LogP contribution in [0.3, 0.4) is 0 Å². The molecule has 138 valence electrons. The molecule has 0 bridgehead atoms. The molecule has 1 aromatic heterocycles. The molecular weight excluding hydrogens is 348 g/mol. The molecule has 6 heteroatoms. The zero-order chi connectivity index (χ0) is 18.4. The third-order valence-electron chi connectivity index (χ3n) is 4.45. The summed E-state index contributed by atoms with van der Waals surface area (Å²) in [5.41, 5.74) is 1.18. The molecule has 2 amide bonds. The Balaban J connectivity index is 1.64. The standard InChI is InChI=1S/C20H24N2O3S/c1-2-7-18-22(20(24)17-10-6-13-25-17)16(14-26-18)19(23)21-12-11-15-8-4-3-5-9-15/h3-6,8-10,13,16,18H,2,7,11-12,14H2,1H3,(H,21,23). The van der Waals surface area contributed by atoms with Crippen LogP contribution in [0.5, 0.6) is 0 Å². The van der Waals surface area contributed by atoms with E-state index in [1.807, 2.05) is 30.3 Å². The summed E-state index contributed by atoms with van der Waals surface area (Å²) in [6.07, 6.45) is 4.09. The largest absolute Gasteiger partial charge is 0.459 e. The predicted molar refractivity (Wildman–Crippen MR) is 103 cm³/mol. The fraction of sp³-hybridized carbons (Fsp3) is 0.400. The summed E-state index contributed by atoms with van der Waals surface area (Å²) in [7, 11) is 0. The molecule has 2 heterocycles. The summed E-state index contributed by atoms with van der Waals surface area (Å²) in [5, 5.41) is 3.01. The maximum absolute atomic E-state index is 12.8. The average molecular weight is 372 g/mol. The van der Waals surface area contributed by atoms with E-state index in [0.29, 0.717) is 12.3 Å². The maximum atomic E-state index is 12.8. The zero-order valence-corrected chi connectivity index (χ0v) is 15.7. The summed E-state index contributed by atoms with van der Waals surface area (Å²) in [4.78, 5) is 27.3.